The number of rotatable bonds is 2. The van der Waals surface area contributed by atoms with E-state index in [-0.39, 0.29) is 5.84 Å². The van der Waals surface area contributed by atoms with Gasteiger partial charge in [0.15, 0.2) is 11.7 Å². The fourth-order valence-corrected chi connectivity index (χ4v) is 1.79. The Morgan fingerprint density at radius 3 is 2.53 bits per heavy atom. The zero-order valence-electron chi connectivity index (χ0n) is 10.7. The molecule has 0 saturated heterocycles. The summed E-state index contributed by atoms with van der Waals surface area (Å²) in [5.41, 5.74) is 8.31. The van der Waals surface area contributed by atoms with Gasteiger partial charge in [0, 0.05) is 0 Å². The molecule has 0 amide bonds. The van der Waals surface area contributed by atoms with Gasteiger partial charge in [-0.25, -0.2) is 4.68 Å². The number of hydrogen-bond acceptors (Lipinski definition) is 5. The Morgan fingerprint density at radius 2 is 2.00 bits per heavy atom. The third kappa shape index (κ3) is 2.24. The van der Waals surface area contributed by atoms with E-state index in [2.05, 4.69) is 20.5 Å². The first-order valence-corrected chi connectivity index (χ1v) is 5.87. The van der Waals surface area contributed by atoms with Crippen LogP contribution in [0.25, 0.3) is 5.82 Å². The van der Waals surface area contributed by atoms with Crippen LogP contribution in [0.2, 0.25) is 5.02 Å². The zero-order chi connectivity index (χ0) is 14.2. The molecule has 0 unspecified atom stereocenters. The third-order valence-corrected chi connectivity index (χ3v) is 3.23. The number of aromatic nitrogens is 4. The van der Waals surface area contributed by atoms with Gasteiger partial charge in [-0.15, -0.1) is 5.10 Å². The summed E-state index contributed by atoms with van der Waals surface area (Å²) in [6.45, 7) is 5.39. The van der Waals surface area contributed by atoms with E-state index in [0.29, 0.717) is 27.8 Å². The van der Waals surface area contributed by atoms with E-state index in [1.165, 1.54) is 4.68 Å². The molecule has 2 rings (SSSR count). The molecule has 2 heterocycles. The topological polar surface area (TPSA) is 102 Å². The molecule has 0 aliphatic heterocycles. The minimum absolute atomic E-state index is 0.0465. The number of oxime groups is 1. The lowest BCUT2D eigenvalue weighted by Gasteiger charge is -2.11. The van der Waals surface area contributed by atoms with E-state index in [4.69, 9.17) is 22.5 Å². The SMILES string of the molecule is Cc1nn(-c2nnc(C)c(C)c2C(N)=NO)cc1Cl. The summed E-state index contributed by atoms with van der Waals surface area (Å²) in [5, 5.41) is 24.7. The summed E-state index contributed by atoms with van der Waals surface area (Å²) in [7, 11) is 0. The zero-order valence-corrected chi connectivity index (χ0v) is 11.5. The van der Waals surface area contributed by atoms with Gasteiger partial charge in [-0.2, -0.15) is 10.2 Å². The van der Waals surface area contributed by atoms with Gasteiger partial charge in [0.25, 0.3) is 0 Å². The average Bonchev–Trinajstić information content (AvgIpc) is 2.71. The van der Waals surface area contributed by atoms with Crippen LogP contribution in [-0.2, 0) is 0 Å². The van der Waals surface area contributed by atoms with Gasteiger partial charge in [-0.3, -0.25) is 0 Å². The summed E-state index contributed by atoms with van der Waals surface area (Å²) < 4.78 is 1.46. The fourth-order valence-electron chi connectivity index (χ4n) is 1.66. The van der Waals surface area contributed by atoms with Gasteiger partial charge < -0.3 is 10.9 Å². The van der Waals surface area contributed by atoms with Crippen molar-refractivity contribution in [2.75, 3.05) is 0 Å². The molecule has 3 N–H and O–H groups in total. The van der Waals surface area contributed by atoms with Gasteiger partial charge in [-0.1, -0.05) is 16.8 Å². The molecule has 0 spiro atoms. The quantitative estimate of drug-likeness (QED) is 0.374. The van der Waals surface area contributed by atoms with Crippen LogP contribution in [0.1, 0.15) is 22.5 Å². The smallest absolute Gasteiger partial charge is 0.187 e. The van der Waals surface area contributed by atoms with Crippen molar-refractivity contribution < 1.29 is 5.21 Å². The summed E-state index contributed by atoms with van der Waals surface area (Å²) >= 11 is 5.97. The summed E-state index contributed by atoms with van der Waals surface area (Å²) in [6, 6.07) is 0. The monoisotopic (exact) mass is 280 g/mol. The van der Waals surface area contributed by atoms with Crippen molar-refractivity contribution in [3.63, 3.8) is 0 Å². The number of nitrogens with zero attached hydrogens (tertiary/aromatic N) is 5. The van der Waals surface area contributed by atoms with Crippen molar-refractivity contribution in [2.45, 2.75) is 20.8 Å². The predicted molar refractivity (Wildman–Crippen MR) is 70.9 cm³/mol. The number of amidine groups is 1. The van der Waals surface area contributed by atoms with E-state index in [1.54, 1.807) is 20.0 Å². The van der Waals surface area contributed by atoms with Crippen LogP contribution in [-0.4, -0.2) is 31.0 Å². The van der Waals surface area contributed by atoms with Crippen LogP contribution in [0, 0.1) is 20.8 Å². The van der Waals surface area contributed by atoms with Crippen LogP contribution in [0.3, 0.4) is 0 Å². The maximum atomic E-state index is 8.89. The minimum Gasteiger partial charge on any atom is -0.409 e. The molecule has 0 aliphatic carbocycles. The molecular formula is C11H13ClN6O. The molecule has 0 aliphatic rings. The highest BCUT2D eigenvalue weighted by molar-refractivity contribution is 6.31. The normalized spacial score (nSPS) is 11.9. The Bertz CT molecular complexity index is 644. The molecule has 0 saturated carbocycles. The second-order valence-electron chi connectivity index (χ2n) is 4.10. The minimum atomic E-state index is -0.0465. The average molecular weight is 281 g/mol. The fraction of sp³-hybridized carbons (Fsp3) is 0.273. The van der Waals surface area contributed by atoms with Crippen molar-refractivity contribution >= 4 is 17.4 Å². The standard InChI is InChI=1S/C11H13ClN6O/c1-5-6(2)14-15-11(9(5)10(13)17-19)18-4-8(12)7(3)16-18/h4,19H,1-3H3,(H2,13,17). The van der Waals surface area contributed by atoms with Crippen LogP contribution in [0.15, 0.2) is 11.4 Å². The number of aryl methyl sites for hydroxylation is 2. The highest BCUT2D eigenvalue weighted by Gasteiger charge is 2.18. The lowest BCUT2D eigenvalue weighted by Crippen LogP contribution is -2.21. The Kier molecular flexibility index (Phi) is 3.39. The van der Waals surface area contributed by atoms with E-state index in [9.17, 15) is 0 Å². The van der Waals surface area contributed by atoms with Crippen LogP contribution in [0.4, 0.5) is 0 Å². The molecule has 0 atom stereocenters. The highest BCUT2D eigenvalue weighted by atomic mass is 35.5. The molecule has 7 nitrogen and oxygen atoms in total. The first-order chi connectivity index (χ1) is 8.95. The van der Waals surface area contributed by atoms with E-state index < -0.39 is 0 Å². The van der Waals surface area contributed by atoms with Gasteiger partial charge in [0.05, 0.1) is 28.2 Å². The van der Waals surface area contributed by atoms with E-state index in [0.717, 1.165) is 5.56 Å². The summed E-state index contributed by atoms with van der Waals surface area (Å²) in [5.74, 6) is 0.322. The Hall–Kier alpha value is -2.15. The first-order valence-electron chi connectivity index (χ1n) is 5.49. The maximum absolute atomic E-state index is 8.89. The second kappa shape index (κ2) is 4.85. The van der Waals surface area contributed by atoms with E-state index in [1.807, 2.05) is 6.92 Å². The van der Waals surface area contributed by atoms with Gasteiger partial charge in [0.2, 0.25) is 0 Å². The molecule has 0 aromatic carbocycles. The third-order valence-electron chi connectivity index (χ3n) is 2.86. The lowest BCUT2D eigenvalue weighted by atomic mass is 10.1. The molecule has 0 radical (unpaired) electrons. The Labute approximate surface area is 114 Å². The van der Waals surface area contributed by atoms with E-state index >= 15 is 0 Å². The van der Waals surface area contributed by atoms with Crippen molar-refractivity contribution in [3.8, 4) is 5.82 Å². The molecule has 0 bridgehead atoms. The van der Waals surface area contributed by atoms with Gasteiger partial charge in [-0.05, 0) is 26.3 Å². The van der Waals surface area contributed by atoms with Gasteiger partial charge in [0.1, 0.15) is 0 Å². The first kappa shape index (κ1) is 13.3. The van der Waals surface area contributed by atoms with Crippen molar-refractivity contribution in [1.82, 2.24) is 20.0 Å². The second-order valence-corrected chi connectivity index (χ2v) is 4.51. The van der Waals surface area contributed by atoms with Crippen LogP contribution in [0.5, 0.6) is 0 Å². The van der Waals surface area contributed by atoms with Crippen LogP contribution < -0.4 is 5.73 Å². The number of halogens is 1. The Balaban J connectivity index is 2.73. The molecule has 8 heteroatoms. The van der Waals surface area contributed by atoms with Crippen molar-refractivity contribution in [1.29, 1.82) is 0 Å². The number of hydrogen-bond donors (Lipinski definition) is 2. The highest BCUT2D eigenvalue weighted by Crippen LogP contribution is 2.20. The van der Waals surface area contributed by atoms with Crippen molar-refractivity contribution in [2.24, 2.45) is 10.9 Å². The maximum Gasteiger partial charge on any atom is 0.187 e. The predicted octanol–water partition coefficient (Wildman–Crippen LogP) is 1.34. The largest absolute Gasteiger partial charge is 0.409 e. The van der Waals surface area contributed by atoms with Gasteiger partial charge >= 0.3 is 0 Å². The number of nitrogens with two attached hydrogens (primary N) is 1. The molecule has 2 aromatic heterocycles. The molecule has 2 aromatic rings. The molecule has 100 valence electrons. The molecule has 0 fully saturated rings. The van der Waals surface area contributed by atoms with Crippen LogP contribution >= 0.6 is 11.6 Å². The molecule has 19 heavy (non-hydrogen) atoms. The lowest BCUT2D eigenvalue weighted by molar-refractivity contribution is 0.318. The summed E-state index contributed by atoms with van der Waals surface area (Å²) in [6.07, 6.45) is 1.60. The van der Waals surface area contributed by atoms with Crippen molar-refractivity contribution in [3.05, 3.63) is 33.7 Å². The Morgan fingerprint density at radius 1 is 1.32 bits per heavy atom. The molecular weight excluding hydrogens is 268 g/mol. The summed E-state index contributed by atoms with van der Waals surface area (Å²) in [4.78, 5) is 0.